The minimum Gasteiger partial charge on any atom is -0.487 e. The van der Waals surface area contributed by atoms with Crippen molar-refractivity contribution >= 4 is 28.9 Å². The number of carbonyl (C=O) groups excluding carboxylic acids is 1. The fourth-order valence-electron chi connectivity index (χ4n) is 2.04. The first-order valence-corrected chi connectivity index (χ1v) is 8.65. The summed E-state index contributed by atoms with van der Waals surface area (Å²) in [4.78, 5) is 16.3. The molecule has 0 amide bonds. The molecule has 128 valence electrons. The van der Waals surface area contributed by atoms with Gasteiger partial charge in [0.1, 0.15) is 18.2 Å². The second-order valence-corrected chi connectivity index (χ2v) is 6.26. The number of rotatable bonds is 6. The summed E-state index contributed by atoms with van der Waals surface area (Å²) in [6, 6.07) is 13.3. The van der Waals surface area contributed by atoms with Gasteiger partial charge in [-0.25, -0.2) is 14.2 Å². The van der Waals surface area contributed by atoms with Gasteiger partial charge in [0, 0.05) is 16.0 Å². The fraction of sp³-hybridized carbons (Fsp3) is 0.111. The van der Waals surface area contributed by atoms with Crippen LogP contribution in [-0.2, 0) is 4.74 Å². The van der Waals surface area contributed by atoms with Gasteiger partial charge in [-0.3, -0.25) is 0 Å². The lowest BCUT2D eigenvalue weighted by molar-refractivity contribution is 0.0442. The van der Waals surface area contributed by atoms with Gasteiger partial charge in [0.15, 0.2) is 17.3 Å². The smallest absolute Gasteiger partial charge is 0.357 e. The van der Waals surface area contributed by atoms with Crippen molar-refractivity contribution in [3.8, 4) is 16.3 Å². The zero-order valence-electron chi connectivity index (χ0n) is 12.9. The minimum atomic E-state index is -0.554. The Morgan fingerprint density at radius 3 is 2.80 bits per heavy atom. The average Bonchev–Trinajstić information content (AvgIpc) is 3.10. The highest BCUT2D eigenvalue weighted by molar-refractivity contribution is 7.13. The van der Waals surface area contributed by atoms with Crippen LogP contribution in [0.5, 0.6) is 5.75 Å². The van der Waals surface area contributed by atoms with E-state index in [-0.39, 0.29) is 24.7 Å². The number of aromatic nitrogens is 1. The topological polar surface area (TPSA) is 48.4 Å². The highest BCUT2D eigenvalue weighted by Gasteiger charge is 2.13. The lowest BCUT2D eigenvalue weighted by Gasteiger charge is -2.07. The van der Waals surface area contributed by atoms with Crippen molar-refractivity contribution in [1.82, 2.24) is 4.98 Å². The van der Waals surface area contributed by atoms with Crippen LogP contribution >= 0.6 is 22.9 Å². The van der Waals surface area contributed by atoms with E-state index < -0.39 is 11.8 Å². The third kappa shape index (κ3) is 4.55. The van der Waals surface area contributed by atoms with Crippen LogP contribution in [0, 0.1) is 5.82 Å². The van der Waals surface area contributed by atoms with Gasteiger partial charge < -0.3 is 9.47 Å². The molecule has 0 N–H and O–H groups in total. The Morgan fingerprint density at radius 2 is 2.00 bits per heavy atom. The Morgan fingerprint density at radius 1 is 1.16 bits per heavy atom. The van der Waals surface area contributed by atoms with Gasteiger partial charge in [0.25, 0.3) is 0 Å². The summed E-state index contributed by atoms with van der Waals surface area (Å²) in [6.45, 7) is 0.0507. The third-order valence-electron chi connectivity index (χ3n) is 3.20. The molecular formula is C18H13ClFNO3S. The van der Waals surface area contributed by atoms with Gasteiger partial charge in [0.2, 0.25) is 0 Å². The monoisotopic (exact) mass is 377 g/mol. The predicted molar refractivity (Wildman–Crippen MR) is 94.7 cm³/mol. The number of carbonyl (C=O) groups is 1. The number of halogens is 2. The van der Waals surface area contributed by atoms with E-state index in [1.54, 1.807) is 29.6 Å². The number of benzene rings is 2. The van der Waals surface area contributed by atoms with Crippen LogP contribution in [0.15, 0.2) is 53.9 Å². The molecule has 2 aromatic carbocycles. The molecule has 0 aliphatic rings. The highest BCUT2D eigenvalue weighted by atomic mass is 35.5. The van der Waals surface area contributed by atoms with Crippen molar-refractivity contribution in [2.75, 3.05) is 13.2 Å². The van der Waals surface area contributed by atoms with E-state index in [1.165, 1.54) is 23.5 Å². The number of esters is 1. The molecule has 0 saturated heterocycles. The molecule has 0 unspecified atom stereocenters. The quantitative estimate of drug-likeness (QED) is 0.455. The van der Waals surface area contributed by atoms with E-state index in [2.05, 4.69) is 4.98 Å². The summed E-state index contributed by atoms with van der Waals surface area (Å²) in [5.74, 6) is -0.892. The van der Waals surface area contributed by atoms with E-state index in [0.29, 0.717) is 10.0 Å². The van der Waals surface area contributed by atoms with E-state index >= 15 is 0 Å². The van der Waals surface area contributed by atoms with Crippen molar-refractivity contribution in [1.29, 1.82) is 0 Å². The Balaban J connectivity index is 1.53. The molecule has 0 bridgehead atoms. The highest BCUT2D eigenvalue weighted by Crippen LogP contribution is 2.26. The van der Waals surface area contributed by atoms with Crippen LogP contribution < -0.4 is 4.74 Å². The minimum absolute atomic E-state index is 0.00278. The molecule has 4 nitrogen and oxygen atoms in total. The second-order valence-electron chi connectivity index (χ2n) is 4.96. The van der Waals surface area contributed by atoms with Crippen LogP contribution in [-0.4, -0.2) is 24.2 Å². The lowest BCUT2D eigenvalue weighted by Crippen LogP contribution is -2.13. The maximum absolute atomic E-state index is 13.4. The maximum Gasteiger partial charge on any atom is 0.357 e. The number of nitrogens with zero attached hydrogens (tertiary/aromatic N) is 1. The van der Waals surface area contributed by atoms with Crippen LogP contribution in [0.1, 0.15) is 10.5 Å². The lowest BCUT2D eigenvalue weighted by atomic mass is 10.2. The maximum atomic E-state index is 13.4. The van der Waals surface area contributed by atoms with Gasteiger partial charge in [-0.15, -0.1) is 11.3 Å². The van der Waals surface area contributed by atoms with E-state index in [0.717, 1.165) is 5.56 Å². The Hall–Kier alpha value is -2.44. The first-order chi connectivity index (χ1) is 12.1. The molecule has 25 heavy (non-hydrogen) atoms. The van der Waals surface area contributed by atoms with Gasteiger partial charge >= 0.3 is 5.97 Å². The summed E-state index contributed by atoms with van der Waals surface area (Å²) < 4.78 is 23.7. The number of hydrogen-bond donors (Lipinski definition) is 0. The summed E-state index contributed by atoms with van der Waals surface area (Å²) in [5, 5.41) is 2.90. The van der Waals surface area contributed by atoms with Gasteiger partial charge in [-0.1, -0.05) is 35.9 Å². The molecule has 3 aromatic rings. The summed E-state index contributed by atoms with van der Waals surface area (Å²) in [7, 11) is 0. The predicted octanol–water partition coefficient (Wildman–Crippen LogP) is 4.84. The van der Waals surface area contributed by atoms with Crippen molar-refractivity contribution in [3.05, 3.63) is 70.4 Å². The van der Waals surface area contributed by atoms with Crippen molar-refractivity contribution in [2.24, 2.45) is 0 Å². The summed E-state index contributed by atoms with van der Waals surface area (Å²) in [6.07, 6.45) is 0. The molecule has 3 rings (SSSR count). The first kappa shape index (κ1) is 17.4. The molecule has 0 aliphatic heterocycles. The average molecular weight is 378 g/mol. The first-order valence-electron chi connectivity index (χ1n) is 7.39. The van der Waals surface area contributed by atoms with E-state index in [1.807, 2.05) is 12.1 Å². The number of thiazole rings is 1. The molecule has 0 atom stereocenters. The molecule has 7 heteroatoms. The summed E-state index contributed by atoms with van der Waals surface area (Å²) in [5.41, 5.74) is 1.05. The summed E-state index contributed by atoms with van der Waals surface area (Å²) >= 11 is 7.28. The van der Waals surface area contributed by atoms with Gasteiger partial charge in [-0.05, 0) is 24.3 Å². The van der Waals surface area contributed by atoms with Gasteiger partial charge in [0.05, 0.1) is 0 Å². The van der Waals surface area contributed by atoms with Crippen LogP contribution in [0.2, 0.25) is 5.02 Å². The van der Waals surface area contributed by atoms with Crippen LogP contribution in [0.4, 0.5) is 4.39 Å². The number of hydrogen-bond acceptors (Lipinski definition) is 5. The fourth-order valence-corrected chi connectivity index (χ4v) is 3.02. The molecule has 1 aromatic heterocycles. The second kappa shape index (κ2) is 8.09. The van der Waals surface area contributed by atoms with Crippen LogP contribution in [0.3, 0.4) is 0 Å². The van der Waals surface area contributed by atoms with Crippen molar-refractivity contribution < 1.29 is 18.7 Å². The zero-order chi connectivity index (χ0) is 17.6. The Labute approximate surface area is 152 Å². The molecule has 0 spiro atoms. The normalized spacial score (nSPS) is 10.5. The Kier molecular flexibility index (Phi) is 5.63. The molecule has 0 radical (unpaired) electrons. The van der Waals surface area contributed by atoms with Crippen molar-refractivity contribution in [3.63, 3.8) is 0 Å². The van der Waals surface area contributed by atoms with E-state index in [4.69, 9.17) is 21.1 Å². The largest absolute Gasteiger partial charge is 0.487 e. The zero-order valence-corrected chi connectivity index (χ0v) is 14.5. The van der Waals surface area contributed by atoms with Gasteiger partial charge in [-0.2, -0.15) is 0 Å². The van der Waals surface area contributed by atoms with Crippen molar-refractivity contribution in [2.45, 2.75) is 0 Å². The van der Waals surface area contributed by atoms with E-state index in [9.17, 15) is 9.18 Å². The molecule has 0 saturated carbocycles. The molecule has 0 aliphatic carbocycles. The number of para-hydroxylation sites is 1. The standard InChI is InChI=1S/C18H13ClFNO3S/c19-13-5-3-4-12(10-13)17-21-15(11-25-17)18(22)24-9-8-23-16-7-2-1-6-14(16)20/h1-7,10-11H,8-9H2. The molecule has 0 fully saturated rings. The third-order valence-corrected chi connectivity index (χ3v) is 4.32. The Bertz CT molecular complexity index is 884. The molecular weight excluding hydrogens is 365 g/mol. The molecule has 1 heterocycles. The SMILES string of the molecule is O=C(OCCOc1ccccc1F)c1csc(-c2cccc(Cl)c2)n1. The van der Waals surface area contributed by atoms with Crippen LogP contribution in [0.25, 0.3) is 10.6 Å². The number of ether oxygens (including phenoxy) is 2.